The molecule has 0 fully saturated rings. The van der Waals surface area contributed by atoms with Gasteiger partial charge in [-0.2, -0.15) is 0 Å². The average Bonchev–Trinajstić information content (AvgIpc) is 1.96. The maximum absolute atomic E-state index is 12.7. The second-order valence-electron chi connectivity index (χ2n) is 2.22. The first-order chi connectivity index (χ1) is 5.59. The molecule has 64 valence electrons. The molecule has 0 aromatic carbocycles. The van der Waals surface area contributed by atoms with Crippen molar-refractivity contribution in [2.24, 2.45) is 0 Å². The first-order valence-corrected chi connectivity index (χ1v) is 3.21. The lowest BCUT2D eigenvalue weighted by Gasteiger charge is -2.00. The van der Waals surface area contributed by atoms with Crippen molar-refractivity contribution in [1.29, 1.82) is 0 Å². The van der Waals surface area contributed by atoms with E-state index < -0.39 is 11.9 Å². The molecule has 0 aliphatic rings. The van der Waals surface area contributed by atoms with Crippen molar-refractivity contribution < 1.29 is 14.3 Å². The molecule has 0 saturated carbocycles. The summed E-state index contributed by atoms with van der Waals surface area (Å²) in [7, 11) is 0. The third-order valence-corrected chi connectivity index (χ3v) is 1.28. The number of nitrogens with zero attached hydrogens (tertiary/aromatic N) is 1. The highest BCUT2D eigenvalue weighted by Gasteiger charge is 2.02. The molecule has 1 amide bonds. The van der Waals surface area contributed by atoms with Gasteiger partial charge in [-0.3, -0.25) is 10.3 Å². The molecule has 0 aliphatic heterocycles. The van der Waals surface area contributed by atoms with E-state index in [0.717, 1.165) is 6.07 Å². The van der Waals surface area contributed by atoms with E-state index in [4.69, 9.17) is 5.11 Å². The van der Waals surface area contributed by atoms with Crippen molar-refractivity contribution >= 4 is 11.8 Å². The van der Waals surface area contributed by atoms with Crippen LogP contribution in [0.4, 0.5) is 14.9 Å². The molecule has 1 heterocycles. The lowest BCUT2D eigenvalue weighted by Crippen LogP contribution is -2.08. The molecule has 1 rings (SSSR count). The number of amides is 1. The number of carboxylic acid groups (broad SMARTS) is 1. The van der Waals surface area contributed by atoms with E-state index in [-0.39, 0.29) is 11.4 Å². The molecule has 4 nitrogen and oxygen atoms in total. The number of pyridine rings is 1. The van der Waals surface area contributed by atoms with Crippen LogP contribution in [-0.4, -0.2) is 16.2 Å². The number of aryl methyl sites for hydroxylation is 1. The van der Waals surface area contributed by atoms with Crippen molar-refractivity contribution in [1.82, 2.24) is 4.98 Å². The predicted octanol–water partition coefficient (Wildman–Crippen LogP) is 1.62. The molecule has 0 aliphatic carbocycles. The predicted molar refractivity (Wildman–Crippen MR) is 40.6 cm³/mol. The molecule has 2 N–H and O–H groups in total. The van der Waals surface area contributed by atoms with Gasteiger partial charge in [0.05, 0.1) is 17.6 Å². The Morgan fingerprint density at radius 1 is 1.75 bits per heavy atom. The van der Waals surface area contributed by atoms with Gasteiger partial charge in [0.1, 0.15) is 5.82 Å². The van der Waals surface area contributed by atoms with Crippen LogP contribution in [0.3, 0.4) is 0 Å². The maximum atomic E-state index is 12.7. The van der Waals surface area contributed by atoms with E-state index in [1.54, 1.807) is 0 Å². The van der Waals surface area contributed by atoms with Crippen LogP contribution >= 0.6 is 0 Å². The fourth-order valence-electron chi connectivity index (χ4n) is 0.698. The van der Waals surface area contributed by atoms with Gasteiger partial charge in [0.25, 0.3) is 0 Å². The van der Waals surface area contributed by atoms with Gasteiger partial charge in [-0.1, -0.05) is 0 Å². The number of hydrogen-bond donors (Lipinski definition) is 2. The third-order valence-electron chi connectivity index (χ3n) is 1.28. The topological polar surface area (TPSA) is 62.2 Å². The second-order valence-corrected chi connectivity index (χ2v) is 2.22. The fraction of sp³-hybridized carbons (Fsp3) is 0.143. The zero-order chi connectivity index (χ0) is 9.14. The van der Waals surface area contributed by atoms with E-state index in [0.29, 0.717) is 0 Å². The van der Waals surface area contributed by atoms with Crippen LogP contribution in [0.5, 0.6) is 0 Å². The van der Waals surface area contributed by atoms with E-state index in [1.807, 2.05) is 5.32 Å². The normalized spacial score (nSPS) is 9.50. The van der Waals surface area contributed by atoms with Gasteiger partial charge in [0.15, 0.2) is 0 Å². The number of halogens is 1. The van der Waals surface area contributed by atoms with Crippen molar-refractivity contribution in [3.8, 4) is 0 Å². The summed E-state index contributed by atoms with van der Waals surface area (Å²) in [5, 5.41) is 10.3. The summed E-state index contributed by atoms with van der Waals surface area (Å²) < 4.78 is 12.7. The number of carbonyl (C=O) groups is 1. The summed E-state index contributed by atoms with van der Waals surface area (Å²) in [5.74, 6) is -0.527. The van der Waals surface area contributed by atoms with Crippen molar-refractivity contribution in [2.45, 2.75) is 6.92 Å². The maximum Gasteiger partial charge on any atom is 0.409 e. The number of aromatic nitrogens is 1. The van der Waals surface area contributed by atoms with Gasteiger partial charge < -0.3 is 5.11 Å². The standard InChI is InChI=1S/C7H7FN2O2/c1-4-6(8)2-5(3-9-4)10-7(11)12/h2-3,10H,1H3,(H,11,12). The molecular formula is C7H7FN2O2. The van der Waals surface area contributed by atoms with Crippen LogP contribution in [0, 0.1) is 12.7 Å². The summed E-state index contributed by atoms with van der Waals surface area (Å²) in [6.07, 6.45) is 0.0204. The summed E-state index contributed by atoms with van der Waals surface area (Å²) in [6.45, 7) is 1.50. The molecule has 0 bridgehead atoms. The Kier molecular flexibility index (Phi) is 2.23. The minimum absolute atomic E-state index is 0.130. The lowest BCUT2D eigenvalue weighted by atomic mass is 10.3. The Balaban J connectivity index is 2.89. The molecular weight excluding hydrogens is 163 g/mol. The SMILES string of the molecule is Cc1ncc(NC(=O)O)cc1F. The Labute approximate surface area is 68.1 Å². The Morgan fingerprint density at radius 2 is 2.42 bits per heavy atom. The molecule has 0 spiro atoms. The molecule has 1 aromatic rings. The smallest absolute Gasteiger partial charge is 0.409 e. The third kappa shape index (κ3) is 1.91. The molecule has 0 saturated heterocycles. The molecule has 12 heavy (non-hydrogen) atoms. The van der Waals surface area contributed by atoms with E-state index >= 15 is 0 Å². The van der Waals surface area contributed by atoms with Crippen molar-refractivity contribution in [3.63, 3.8) is 0 Å². The quantitative estimate of drug-likeness (QED) is 0.673. The van der Waals surface area contributed by atoms with Gasteiger partial charge >= 0.3 is 6.09 Å². The highest BCUT2D eigenvalue weighted by molar-refractivity contribution is 5.82. The van der Waals surface area contributed by atoms with Gasteiger partial charge in [-0.25, -0.2) is 9.18 Å². The molecule has 1 aromatic heterocycles. The average molecular weight is 170 g/mol. The molecule has 0 radical (unpaired) electrons. The summed E-state index contributed by atoms with van der Waals surface area (Å²) in [5.41, 5.74) is 0.372. The van der Waals surface area contributed by atoms with Gasteiger partial charge in [-0.05, 0) is 6.92 Å². The van der Waals surface area contributed by atoms with Crippen molar-refractivity contribution in [2.75, 3.05) is 5.32 Å². The number of anilines is 1. The number of rotatable bonds is 1. The Bertz CT molecular complexity index is 314. The van der Waals surface area contributed by atoms with Crippen LogP contribution in [0.1, 0.15) is 5.69 Å². The minimum Gasteiger partial charge on any atom is -0.465 e. The summed E-state index contributed by atoms with van der Waals surface area (Å²) >= 11 is 0. The highest BCUT2D eigenvalue weighted by Crippen LogP contribution is 2.09. The van der Waals surface area contributed by atoms with E-state index in [9.17, 15) is 9.18 Å². The van der Waals surface area contributed by atoms with Gasteiger partial charge in [0.2, 0.25) is 0 Å². The summed E-state index contributed by atoms with van der Waals surface area (Å²) in [4.78, 5) is 13.7. The minimum atomic E-state index is -1.24. The first-order valence-electron chi connectivity index (χ1n) is 3.21. The highest BCUT2D eigenvalue weighted by atomic mass is 19.1. The van der Waals surface area contributed by atoms with Crippen LogP contribution in [-0.2, 0) is 0 Å². The Morgan fingerprint density at radius 3 is 2.92 bits per heavy atom. The monoisotopic (exact) mass is 170 g/mol. The second kappa shape index (κ2) is 3.17. The fourth-order valence-corrected chi connectivity index (χ4v) is 0.698. The first kappa shape index (κ1) is 8.45. The van der Waals surface area contributed by atoms with Crippen LogP contribution < -0.4 is 5.32 Å². The van der Waals surface area contributed by atoms with Crippen LogP contribution in [0.2, 0.25) is 0 Å². The molecule has 0 atom stereocenters. The van der Waals surface area contributed by atoms with E-state index in [1.165, 1.54) is 13.1 Å². The molecule has 5 heteroatoms. The van der Waals surface area contributed by atoms with Crippen LogP contribution in [0.15, 0.2) is 12.3 Å². The van der Waals surface area contributed by atoms with Gasteiger partial charge in [0, 0.05) is 6.07 Å². The molecule has 0 unspecified atom stereocenters. The van der Waals surface area contributed by atoms with Gasteiger partial charge in [-0.15, -0.1) is 0 Å². The number of hydrogen-bond acceptors (Lipinski definition) is 2. The van der Waals surface area contributed by atoms with Crippen molar-refractivity contribution in [3.05, 3.63) is 23.8 Å². The summed E-state index contributed by atoms with van der Waals surface area (Å²) in [6, 6.07) is 1.08. The Hall–Kier alpha value is -1.65. The largest absolute Gasteiger partial charge is 0.465 e. The lowest BCUT2D eigenvalue weighted by molar-refractivity contribution is 0.209. The number of nitrogens with one attached hydrogen (secondary N) is 1. The zero-order valence-corrected chi connectivity index (χ0v) is 6.34. The van der Waals surface area contributed by atoms with Crippen LogP contribution in [0.25, 0.3) is 0 Å². The van der Waals surface area contributed by atoms with E-state index in [2.05, 4.69) is 4.98 Å². The zero-order valence-electron chi connectivity index (χ0n) is 6.34.